The van der Waals surface area contributed by atoms with Gasteiger partial charge in [0, 0.05) is 5.56 Å². The summed E-state index contributed by atoms with van der Waals surface area (Å²) in [5, 5.41) is 4.34. The largest absolute Gasteiger partial charge is 0.493 e. The molecular weight excluding hydrogens is 400 g/mol. The molecule has 30 heavy (non-hydrogen) atoms. The first-order valence-electron chi connectivity index (χ1n) is 8.51. The zero-order chi connectivity index (χ0) is 22.1. The van der Waals surface area contributed by atoms with Crippen LogP contribution in [0, 0.1) is 0 Å². The van der Waals surface area contributed by atoms with E-state index in [0.717, 1.165) is 0 Å². The van der Waals surface area contributed by atoms with Crippen molar-refractivity contribution in [1.29, 1.82) is 0 Å². The lowest BCUT2D eigenvalue weighted by Crippen LogP contribution is -2.36. The first kappa shape index (κ1) is 22.3. The normalized spacial score (nSPS) is 9.97. The number of hydrogen-bond acceptors (Lipinski definition) is 9. The van der Waals surface area contributed by atoms with Crippen LogP contribution in [0.25, 0.3) is 0 Å². The van der Waals surface area contributed by atoms with Crippen LogP contribution in [0.5, 0.6) is 17.2 Å². The molecule has 0 unspecified atom stereocenters. The molecule has 0 atom stereocenters. The van der Waals surface area contributed by atoms with Gasteiger partial charge in [0.15, 0.2) is 23.9 Å². The molecule has 11 nitrogen and oxygen atoms in total. The first-order chi connectivity index (χ1) is 14.4. The molecule has 160 valence electrons. The number of methoxy groups -OCH3 is 3. The molecule has 0 saturated heterocycles. The average Bonchev–Trinajstić information content (AvgIpc) is 3.29. The molecule has 0 aliphatic rings. The Hall–Kier alpha value is -4.02. The van der Waals surface area contributed by atoms with Crippen molar-refractivity contribution in [2.75, 3.05) is 34.5 Å². The fourth-order valence-corrected chi connectivity index (χ4v) is 2.30. The van der Waals surface area contributed by atoms with Gasteiger partial charge in [0.1, 0.15) is 6.54 Å². The maximum Gasteiger partial charge on any atom is 0.325 e. The maximum atomic E-state index is 12.3. The number of rotatable bonds is 9. The highest BCUT2D eigenvalue weighted by molar-refractivity contribution is 6.03. The molecule has 0 spiro atoms. The lowest BCUT2D eigenvalue weighted by molar-refractivity contribution is -0.147. The van der Waals surface area contributed by atoms with E-state index in [1.54, 1.807) is 0 Å². The summed E-state index contributed by atoms with van der Waals surface area (Å²) in [6.07, 6.45) is 1.27. The molecule has 0 saturated carbocycles. The molecule has 0 fully saturated rings. The number of esters is 1. The third kappa shape index (κ3) is 5.74. The number of carbonyl (C=O) groups is 4. The summed E-state index contributed by atoms with van der Waals surface area (Å²) in [5.41, 5.74) is 0.152. The molecule has 2 rings (SSSR count). The van der Waals surface area contributed by atoms with Crippen molar-refractivity contribution in [3.8, 4) is 17.2 Å². The number of imide groups is 1. The van der Waals surface area contributed by atoms with Gasteiger partial charge in [-0.05, 0) is 24.3 Å². The Morgan fingerprint density at radius 1 is 0.967 bits per heavy atom. The number of benzene rings is 1. The number of nitrogens with one attached hydrogen (secondary N) is 2. The number of ether oxygens (including phenoxy) is 4. The third-order valence-corrected chi connectivity index (χ3v) is 3.68. The van der Waals surface area contributed by atoms with Gasteiger partial charge in [-0.25, -0.2) is 0 Å². The van der Waals surface area contributed by atoms with Gasteiger partial charge in [0.05, 0.1) is 27.6 Å². The molecule has 2 N–H and O–H groups in total. The van der Waals surface area contributed by atoms with Gasteiger partial charge >= 0.3 is 5.97 Å². The Labute approximate surface area is 171 Å². The first-order valence-corrected chi connectivity index (χ1v) is 8.51. The monoisotopic (exact) mass is 420 g/mol. The van der Waals surface area contributed by atoms with Crippen molar-refractivity contribution in [2.24, 2.45) is 0 Å². The Balaban J connectivity index is 1.85. The molecule has 0 aliphatic carbocycles. The topological polar surface area (TPSA) is 142 Å². The molecule has 11 heteroatoms. The summed E-state index contributed by atoms with van der Waals surface area (Å²) in [6, 6.07) is 5.68. The van der Waals surface area contributed by atoms with E-state index < -0.39 is 36.8 Å². The highest BCUT2D eigenvalue weighted by Gasteiger charge is 2.18. The van der Waals surface area contributed by atoms with Crippen LogP contribution >= 0.6 is 0 Å². The Morgan fingerprint density at radius 2 is 1.63 bits per heavy atom. The Kier molecular flexibility index (Phi) is 7.80. The zero-order valence-electron chi connectivity index (χ0n) is 16.5. The summed E-state index contributed by atoms with van der Waals surface area (Å²) < 4.78 is 25.0. The average molecular weight is 420 g/mol. The Morgan fingerprint density at radius 3 is 2.17 bits per heavy atom. The van der Waals surface area contributed by atoms with Crippen LogP contribution in [0.15, 0.2) is 34.9 Å². The summed E-state index contributed by atoms with van der Waals surface area (Å²) in [4.78, 5) is 47.3. The van der Waals surface area contributed by atoms with Crippen molar-refractivity contribution in [2.45, 2.75) is 0 Å². The minimum Gasteiger partial charge on any atom is -0.493 e. The maximum absolute atomic E-state index is 12.3. The van der Waals surface area contributed by atoms with E-state index in [1.807, 2.05) is 5.32 Å². The highest BCUT2D eigenvalue weighted by atomic mass is 16.5. The van der Waals surface area contributed by atoms with E-state index in [4.69, 9.17) is 23.4 Å². The minimum atomic E-state index is -0.878. The molecule has 3 amide bonds. The van der Waals surface area contributed by atoms with E-state index in [9.17, 15) is 19.2 Å². The van der Waals surface area contributed by atoms with Gasteiger partial charge < -0.3 is 28.7 Å². The van der Waals surface area contributed by atoms with Crippen LogP contribution in [0.3, 0.4) is 0 Å². The molecule has 0 aliphatic heterocycles. The molecule has 1 aromatic heterocycles. The molecule has 0 radical (unpaired) electrons. The van der Waals surface area contributed by atoms with Crippen molar-refractivity contribution >= 4 is 23.7 Å². The quantitative estimate of drug-likeness (QED) is 0.556. The van der Waals surface area contributed by atoms with E-state index in [1.165, 1.54) is 51.9 Å². The predicted octanol–water partition coefficient (Wildman–Crippen LogP) is 0.535. The van der Waals surface area contributed by atoms with Crippen LogP contribution in [-0.2, 0) is 14.3 Å². The molecule has 2 aromatic rings. The van der Waals surface area contributed by atoms with E-state index in [0.29, 0.717) is 5.75 Å². The van der Waals surface area contributed by atoms with Gasteiger partial charge in [0.25, 0.3) is 17.7 Å². The van der Waals surface area contributed by atoms with Crippen molar-refractivity contribution in [1.82, 2.24) is 10.6 Å². The fraction of sp³-hybridized carbons (Fsp3) is 0.263. The van der Waals surface area contributed by atoms with E-state index in [2.05, 4.69) is 5.32 Å². The second kappa shape index (κ2) is 10.5. The Bertz CT molecular complexity index is 897. The van der Waals surface area contributed by atoms with Crippen LogP contribution < -0.4 is 24.8 Å². The molecule has 1 aromatic carbocycles. The van der Waals surface area contributed by atoms with Crippen molar-refractivity contribution < 1.29 is 42.5 Å². The SMILES string of the molecule is COc1cc(C(=O)NCC(=O)OCC(=O)NC(=O)c2ccco2)cc(OC)c1OC. The summed E-state index contributed by atoms with van der Waals surface area (Å²) >= 11 is 0. The van der Waals surface area contributed by atoms with Crippen molar-refractivity contribution in [3.63, 3.8) is 0 Å². The summed E-state index contributed by atoms with van der Waals surface area (Å²) in [5.74, 6) is -2.32. The number of amides is 3. The molecular formula is C19H20N2O9. The summed E-state index contributed by atoms with van der Waals surface area (Å²) in [7, 11) is 4.23. The lowest BCUT2D eigenvalue weighted by Gasteiger charge is -2.14. The highest BCUT2D eigenvalue weighted by Crippen LogP contribution is 2.38. The van der Waals surface area contributed by atoms with Crippen LogP contribution in [0.2, 0.25) is 0 Å². The van der Waals surface area contributed by atoms with E-state index in [-0.39, 0.29) is 22.8 Å². The molecule has 1 heterocycles. The van der Waals surface area contributed by atoms with Gasteiger partial charge in [-0.1, -0.05) is 0 Å². The van der Waals surface area contributed by atoms with E-state index >= 15 is 0 Å². The number of furan rings is 1. The second-order valence-electron chi connectivity index (χ2n) is 5.61. The second-order valence-corrected chi connectivity index (χ2v) is 5.61. The number of carbonyl (C=O) groups excluding carboxylic acids is 4. The smallest absolute Gasteiger partial charge is 0.325 e. The predicted molar refractivity (Wildman–Crippen MR) is 101 cm³/mol. The van der Waals surface area contributed by atoms with Gasteiger partial charge in [-0.3, -0.25) is 24.5 Å². The van der Waals surface area contributed by atoms with Crippen LogP contribution in [-0.4, -0.2) is 58.2 Å². The van der Waals surface area contributed by atoms with Crippen LogP contribution in [0.4, 0.5) is 0 Å². The lowest BCUT2D eigenvalue weighted by atomic mass is 10.1. The number of hydrogen-bond donors (Lipinski definition) is 2. The minimum absolute atomic E-state index is 0.0627. The fourth-order valence-electron chi connectivity index (χ4n) is 2.30. The third-order valence-electron chi connectivity index (χ3n) is 3.68. The summed E-state index contributed by atoms with van der Waals surface area (Å²) in [6.45, 7) is -1.21. The van der Waals surface area contributed by atoms with Gasteiger partial charge in [-0.15, -0.1) is 0 Å². The standard InChI is InChI=1S/C19H20N2O9/c1-26-13-7-11(8-14(27-2)17(13)28-3)18(24)20-9-16(23)30-10-15(22)21-19(25)12-5-4-6-29-12/h4-8H,9-10H2,1-3H3,(H,20,24)(H,21,22,25). The van der Waals surface area contributed by atoms with Crippen molar-refractivity contribution in [3.05, 3.63) is 41.9 Å². The molecule has 0 bridgehead atoms. The van der Waals surface area contributed by atoms with Gasteiger partial charge in [-0.2, -0.15) is 0 Å². The van der Waals surface area contributed by atoms with Crippen LogP contribution in [0.1, 0.15) is 20.9 Å². The zero-order valence-corrected chi connectivity index (χ0v) is 16.5. The van der Waals surface area contributed by atoms with Gasteiger partial charge in [0.2, 0.25) is 5.75 Å².